The van der Waals surface area contributed by atoms with Gasteiger partial charge in [-0.25, -0.2) is 9.50 Å². The summed E-state index contributed by atoms with van der Waals surface area (Å²) in [6.07, 6.45) is 3.80. The molecule has 0 bridgehead atoms. The first-order chi connectivity index (χ1) is 17.3. The zero-order valence-corrected chi connectivity index (χ0v) is 20.0. The van der Waals surface area contributed by atoms with Crippen LogP contribution < -0.4 is 4.90 Å². The third-order valence-corrected chi connectivity index (χ3v) is 7.00. The molecule has 6 rings (SSSR count). The van der Waals surface area contributed by atoms with Crippen molar-refractivity contribution in [3.05, 3.63) is 120 Å². The van der Waals surface area contributed by atoms with Crippen LogP contribution in [0.25, 0.3) is 16.8 Å². The highest BCUT2D eigenvalue weighted by Gasteiger charge is 2.27. The van der Waals surface area contributed by atoms with Crippen molar-refractivity contribution in [2.75, 3.05) is 31.1 Å². The van der Waals surface area contributed by atoms with Crippen LogP contribution >= 0.6 is 0 Å². The zero-order valence-electron chi connectivity index (χ0n) is 20.0. The molecular weight excluding hydrogens is 430 g/mol. The van der Waals surface area contributed by atoms with Gasteiger partial charge in [0.1, 0.15) is 5.52 Å². The minimum Gasteiger partial charge on any atom is -0.352 e. The van der Waals surface area contributed by atoms with E-state index in [2.05, 4.69) is 108 Å². The van der Waals surface area contributed by atoms with Gasteiger partial charge in [0.05, 0.1) is 11.7 Å². The van der Waals surface area contributed by atoms with E-state index in [0.717, 1.165) is 43.2 Å². The summed E-state index contributed by atoms with van der Waals surface area (Å²) in [6.45, 7) is 5.92. The number of fused-ring (bicyclic) bond motifs is 1. The predicted octanol–water partition coefficient (Wildman–Crippen LogP) is 5.62. The van der Waals surface area contributed by atoms with Gasteiger partial charge >= 0.3 is 0 Å². The molecule has 0 amide bonds. The summed E-state index contributed by atoms with van der Waals surface area (Å²) in [7, 11) is 0. The largest absolute Gasteiger partial charge is 0.352 e. The number of piperazine rings is 1. The monoisotopic (exact) mass is 459 g/mol. The third kappa shape index (κ3) is 4.19. The molecule has 5 heteroatoms. The minimum absolute atomic E-state index is 0.255. The fraction of sp³-hybridized carbons (Fsp3) is 0.200. The fourth-order valence-electron chi connectivity index (χ4n) is 5.22. The van der Waals surface area contributed by atoms with E-state index in [4.69, 9.17) is 10.1 Å². The van der Waals surface area contributed by atoms with Gasteiger partial charge in [0.2, 0.25) is 0 Å². The van der Waals surface area contributed by atoms with E-state index in [0.29, 0.717) is 0 Å². The zero-order chi connectivity index (χ0) is 23.6. The number of hydrogen-bond acceptors (Lipinski definition) is 4. The van der Waals surface area contributed by atoms with Gasteiger partial charge in [-0.1, -0.05) is 84.9 Å². The topological polar surface area (TPSA) is 36.7 Å². The Morgan fingerprint density at radius 1 is 0.743 bits per heavy atom. The molecule has 0 N–H and O–H groups in total. The number of nitrogens with zero attached hydrogens (tertiary/aromatic N) is 5. The maximum atomic E-state index is 4.86. The first-order valence-electron chi connectivity index (χ1n) is 12.3. The predicted molar refractivity (Wildman–Crippen MR) is 142 cm³/mol. The van der Waals surface area contributed by atoms with Crippen LogP contribution in [-0.2, 0) is 0 Å². The van der Waals surface area contributed by atoms with Crippen molar-refractivity contribution in [3.63, 3.8) is 0 Å². The second kappa shape index (κ2) is 9.35. The molecule has 1 aliphatic rings. The molecular formula is C30H29N5. The van der Waals surface area contributed by atoms with E-state index in [9.17, 15) is 0 Å². The number of rotatable bonds is 5. The van der Waals surface area contributed by atoms with Gasteiger partial charge in [-0.05, 0) is 29.7 Å². The molecule has 5 aromatic rings. The maximum Gasteiger partial charge on any atom is 0.154 e. The second-order valence-electron chi connectivity index (χ2n) is 9.17. The third-order valence-electron chi connectivity index (χ3n) is 7.00. The molecule has 0 radical (unpaired) electrons. The van der Waals surface area contributed by atoms with Crippen LogP contribution in [0.15, 0.2) is 103 Å². The summed E-state index contributed by atoms with van der Waals surface area (Å²) in [5.41, 5.74) is 7.12. The first-order valence-corrected chi connectivity index (χ1v) is 12.3. The molecule has 1 fully saturated rings. The van der Waals surface area contributed by atoms with Gasteiger partial charge in [-0.2, -0.15) is 5.10 Å². The van der Waals surface area contributed by atoms with Crippen LogP contribution in [0.1, 0.15) is 22.7 Å². The van der Waals surface area contributed by atoms with Crippen LogP contribution in [0.4, 0.5) is 5.82 Å². The van der Waals surface area contributed by atoms with Crippen molar-refractivity contribution in [1.29, 1.82) is 0 Å². The SMILES string of the molecule is Cc1ccccc1-c1cc2c(N3CCN(C(c4ccccc4)c4ccccc4)CC3)nccn2n1. The Morgan fingerprint density at radius 3 is 2.03 bits per heavy atom. The highest BCUT2D eigenvalue weighted by molar-refractivity contribution is 5.76. The van der Waals surface area contributed by atoms with Crippen molar-refractivity contribution >= 4 is 11.3 Å². The molecule has 5 nitrogen and oxygen atoms in total. The maximum absolute atomic E-state index is 4.86. The van der Waals surface area contributed by atoms with Crippen molar-refractivity contribution in [3.8, 4) is 11.3 Å². The van der Waals surface area contributed by atoms with Crippen LogP contribution in [0.2, 0.25) is 0 Å². The van der Waals surface area contributed by atoms with E-state index in [-0.39, 0.29) is 6.04 Å². The Balaban J connectivity index is 1.27. The molecule has 174 valence electrons. The van der Waals surface area contributed by atoms with Crippen molar-refractivity contribution in [2.24, 2.45) is 0 Å². The summed E-state index contributed by atoms with van der Waals surface area (Å²) < 4.78 is 1.97. The second-order valence-corrected chi connectivity index (χ2v) is 9.17. The van der Waals surface area contributed by atoms with Crippen molar-refractivity contribution in [1.82, 2.24) is 19.5 Å². The molecule has 35 heavy (non-hydrogen) atoms. The normalized spacial score (nSPS) is 14.6. The quantitative estimate of drug-likeness (QED) is 0.342. The van der Waals surface area contributed by atoms with Gasteiger partial charge in [0, 0.05) is 44.1 Å². The lowest BCUT2D eigenvalue weighted by molar-refractivity contribution is 0.212. The van der Waals surface area contributed by atoms with Crippen molar-refractivity contribution < 1.29 is 0 Å². The van der Waals surface area contributed by atoms with Gasteiger partial charge in [0.25, 0.3) is 0 Å². The molecule has 0 atom stereocenters. The molecule has 2 aromatic heterocycles. The standard InChI is InChI=1S/C30H29N5/c1-23-10-8-9-15-26(23)27-22-28-30(31-16-17-35(28)32-27)34-20-18-33(19-21-34)29(24-11-4-2-5-12-24)25-13-6-3-7-14-25/h2-17,22,29H,18-21H2,1H3. The molecule has 1 saturated heterocycles. The lowest BCUT2D eigenvalue weighted by atomic mass is 9.96. The molecule has 3 heterocycles. The number of aromatic nitrogens is 3. The summed E-state index contributed by atoms with van der Waals surface area (Å²) >= 11 is 0. The summed E-state index contributed by atoms with van der Waals surface area (Å²) in [4.78, 5) is 9.79. The Bertz CT molecular complexity index is 1380. The minimum atomic E-state index is 0.255. The first kappa shape index (κ1) is 21.6. The van der Waals surface area contributed by atoms with E-state index in [1.807, 2.05) is 16.9 Å². The van der Waals surface area contributed by atoms with Crippen LogP contribution in [0, 0.1) is 6.92 Å². The smallest absolute Gasteiger partial charge is 0.154 e. The molecule has 0 aliphatic carbocycles. The summed E-state index contributed by atoms with van der Waals surface area (Å²) in [6, 6.07) is 32.5. The van der Waals surface area contributed by atoms with Gasteiger partial charge in [-0.15, -0.1) is 0 Å². The van der Waals surface area contributed by atoms with Gasteiger partial charge in [-0.3, -0.25) is 4.90 Å². The van der Waals surface area contributed by atoms with Gasteiger partial charge in [0.15, 0.2) is 5.82 Å². The highest BCUT2D eigenvalue weighted by Crippen LogP contribution is 2.32. The van der Waals surface area contributed by atoms with Crippen LogP contribution in [0.3, 0.4) is 0 Å². The molecule has 3 aromatic carbocycles. The molecule has 0 saturated carbocycles. The number of hydrogen-bond donors (Lipinski definition) is 0. The molecule has 0 spiro atoms. The Kier molecular flexibility index (Phi) is 5.76. The van der Waals surface area contributed by atoms with Crippen molar-refractivity contribution in [2.45, 2.75) is 13.0 Å². The number of aryl methyl sites for hydroxylation is 1. The highest BCUT2D eigenvalue weighted by atomic mass is 15.3. The van der Waals surface area contributed by atoms with E-state index in [1.54, 1.807) is 0 Å². The molecule has 0 unspecified atom stereocenters. The Labute approximate surface area is 206 Å². The number of benzene rings is 3. The Hall–Kier alpha value is -3.96. The van der Waals surface area contributed by atoms with Crippen LogP contribution in [0.5, 0.6) is 0 Å². The van der Waals surface area contributed by atoms with E-state index >= 15 is 0 Å². The van der Waals surface area contributed by atoms with E-state index < -0.39 is 0 Å². The fourth-order valence-corrected chi connectivity index (χ4v) is 5.22. The summed E-state index contributed by atoms with van der Waals surface area (Å²) in [5, 5.41) is 4.86. The van der Waals surface area contributed by atoms with Gasteiger partial charge < -0.3 is 4.90 Å². The number of anilines is 1. The molecule has 1 aliphatic heterocycles. The lowest BCUT2D eigenvalue weighted by Crippen LogP contribution is -2.48. The summed E-state index contributed by atoms with van der Waals surface area (Å²) in [5.74, 6) is 1.01. The lowest BCUT2D eigenvalue weighted by Gasteiger charge is -2.40. The average molecular weight is 460 g/mol. The van der Waals surface area contributed by atoms with E-state index in [1.165, 1.54) is 22.3 Å². The Morgan fingerprint density at radius 2 is 1.37 bits per heavy atom. The van der Waals surface area contributed by atoms with Crippen LogP contribution in [-0.4, -0.2) is 45.7 Å². The average Bonchev–Trinajstić information content (AvgIpc) is 3.35.